The number of primary amides is 1. The molecule has 1 aromatic carbocycles. The highest BCUT2D eigenvalue weighted by Crippen LogP contribution is 2.49. The SMILES string of the molecule is Cc1sc(NC(=O)[C@@H]2[C@@H](C(=O)O)[C@H]3C=C[C@@H]2C3)c(C(N)=O)c1-c1ccc(C(C)C)cc1. The van der Waals surface area contributed by atoms with E-state index in [1.54, 1.807) is 0 Å². The van der Waals surface area contributed by atoms with E-state index in [0.717, 1.165) is 10.4 Å². The maximum absolute atomic E-state index is 13.1. The molecule has 2 bridgehead atoms. The number of rotatable bonds is 6. The van der Waals surface area contributed by atoms with Crippen LogP contribution in [0.1, 0.15) is 47.0 Å². The van der Waals surface area contributed by atoms with Gasteiger partial charge in [-0.05, 0) is 42.2 Å². The van der Waals surface area contributed by atoms with Crippen molar-refractivity contribution in [1.29, 1.82) is 0 Å². The fraction of sp³-hybridized carbons (Fsp3) is 0.375. The summed E-state index contributed by atoms with van der Waals surface area (Å²) in [4.78, 5) is 38.1. The summed E-state index contributed by atoms with van der Waals surface area (Å²) in [5.41, 5.74) is 8.76. The van der Waals surface area contributed by atoms with E-state index in [0.29, 0.717) is 22.9 Å². The molecule has 4 atom stereocenters. The van der Waals surface area contributed by atoms with Gasteiger partial charge in [0.25, 0.3) is 5.91 Å². The number of nitrogens with one attached hydrogen (secondary N) is 1. The number of nitrogens with two attached hydrogens (primary N) is 1. The Kier molecular flexibility index (Phi) is 5.47. The molecule has 1 aromatic heterocycles. The minimum Gasteiger partial charge on any atom is -0.481 e. The van der Waals surface area contributed by atoms with Crippen molar-refractivity contribution in [2.24, 2.45) is 29.4 Å². The number of anilines is 1. The standard InChI is InChI=1S/C24H26N2O4S/c1-11(2)13-4-6-14(7-5-13)17-12(3)31-23(20(17)21(25)27)26-22(28)18-15-8-9-16(10-15)19(18)24(29)30/h4-9,11,15-16,18-19H,10H2,1-3H3,(H2,25,27)(H,26,28)(H,29,30)/t15-,16+,18+,19+/m1/s1. The lowest BCUT2D eigenvalue weighted by molar-refractivity contribution is -0.146. The number of fused-ring (bicyclic) bond motifs is 2. The number of hydrogen-bond acceptors (Lipinski definition) is 4. The van der Waals surface area contributed by atoms with Crippen molar-refractivity contribution in [3.63, 3.8) is 0 Å². The monoisotopic (exact) mass is 438 g/mol. The summed E-state index contributed by atoms with van der Waals surface area (Å²) >= 11 is 1.29. The average molecular weight is 439 g/mol. The van der Waals surface area contributed by atoms with Crippen LogP contribution in [0.3, 0.4) is 0 Å². The molecule has 4 N–H and O–H groups in total. The van der Waals surface area contributed by atoms with Gasteiger partial charge in [0, 0.05) is 10.4 Å². The van der Waals surface area contributed by atoms with Gasteiger partial charge in [0.2, 0.25) is 5.91 Å². The van der Waals surface area contributed by atoms with Crippen LogP contribution < -0.4 is 11.1 Å². The van der Waals surface area contributed by atoms with Crippen LogP contribution in [0.25, 0.3) is 11.1 Å². The zero-order valence-electron chi connectivity index (χ0n) is 17.7. The van der Waals surface area contributed by atoms with Crippen molar-refractivity contribution < 1.29 is 19.5 Å². The highest BCUT2D eigenvalue weighted by molar-refractivity contribution is 7.17. The number of benzene rings is 1. The lowest BCUT2D eigenvalue weighted by atomic mass is 9.82. The largest absolute Gasteiger partial charge is 0.481 e. The summed E-state index contributed by atoms with van der Waals surface area (Å²) in [5, 5.41) is 12.9. The molecule has 0 spiro atoms. The average Bonchev–Trinajstić information content (AvgIpc) is 3.40. The molecule has 2 aliphatic rings. The number of aryl methyl sites for hydroxylation is 1. The number of amides is 2. The molecule has 2 aromatic rings. The molecule has 0 saturated heterocycles. The molecular weight excluding hydrogens is 412 g/mol. The Morgan fingerprint density at radius 1 is 1.10 bits per heavy atom. The van der Waals surface area contributed by atoms with Gasteiger partial charge >= 0.3 is 5.97 Å². The number of hydrogen-bond donors (Lipinski definition) is 3. The smallest absolute Gasteiger partial charge is 0.307 e. The van der Waals surface area contributed by atoms with Gasteiger partial charge in [0.15, 0.2) is 0 Å². The Morgan fingerprint density at radius 3 is 2.26 bits per heavy atom. The molecule has 1 saturated carbocycles. The summed E-state index contributed by atoms with van der Waals surface area (Å²) in [6.07, 6.45) is 4.51. The van der Waals surface area contributed by atoms with E-state index in [2.05, 4.69) is 19.2 Å². The van der Waals surface area contributed by atoms with Gasteiger partial charge in [-0.15, -0.1) is 11.3 Å². The first-order valence-electron chi connectivity index (χ1n) is 10.4. The van der Waals surface area contributed by atoms with Crippen molar-refractivity contribution in [2.75, 3.05) is 5.32 Å². The van der Waals surface area contributed by atoms with Crippen LogP contribution in [0, 0.1) is 30.6 Å². The number of aliphatic carboxylic acids is 1. The molecule has 1 heterocycles. The van der Waals surface area contributed by atoms with Crippen molar-refractivity contribution in [2.45, 2.75) is 33.1 Å². The molecule has 4 rings (SSSR count). The third-order valence-corrected chi connectivity index (χ3v) is 7.50. The number of carboxylic acids is 1. The van der Waals surface area contributed by atoms with Crippen LogP contribution in [-0.2, 0) is 9.59 Å². The van der Waals surface area contributed by atoms with Crippen LogP contribution in [0.5, 0.6) is 0 Å². The molecule has 7 heteroatoms. The first-order valence-corrected chi connectivity index (χ1v) is 11.3. The van der Waals surface area contributed by atoms with Crippen LogP contribution in [0.4, 0.5) is 5.00 Å². The second-order valence-electron chi connectivity index (χ2n) is 8.71. The lowest BCUT2D eigenvalue weighted by Gasteiger charge is -2.23. The van der Waals surface area contributed by atoms with E-state index >= 15 is 0 Å². The van der Waals surface area contributed by atoms with Crippen LogP contribution >= 0.6 is 11.3 Å². The van der Waals surface area contributed by atoms with Gasteiger partial charge in [-0.3, -0.25) is 14.4 Å². The van der Waals surface area contributed by atoms with E-state index in [-0.39, 0.29) is 23.3 Å². The van der Waals surface area contributed by atoms with Crippen molar-refractivity contribution in [1.82, 2.24) is 0 Å². The fourth-order valence-electron chi connectivity index (χ4n) is 4.96. The Hall–Kier alpha value is -2.93. The maximum atomic E-state index is 13.1. The molecule has 0 aliphatic heterocycles. The van der Waals surface area contributed by atoms with Gasteiger partial charge in [0.05, 0.1) is 17.4 Å². The van der Waals surface area contributed by atoms with Gasteiger partial charge in [-0.2, -0.15) is 0 Å². The van der Waals surface area contributed by atoms with Gasteiger partial charge in [-0.25, -0.2) is 0 Å². The van der Waals surface area contributed by atoms with E-state index in [4.69, 9.17) is 5.73 Å². The Balaban J connectivity index is 1.67. The number of allylic oxidation sites excluding steroid dienone is 2. The van der Waals surface area contributed by atoms with Gasteiger partial charge in [-0.1, -0.05) is 50.3 Å². The van der Waals surface area contributed by atoms with Crippen molar-refractivity contribution >= 4 is 34.1 Å². The zero-order valence-corrected chi connectivity index (χ0v) is 18.5. The number of carboxylic acid groups (broad SMARTS) is 1. The molecule has 31 heavy (non-hydrogen) atoms. The molecule has 2 aliphatic carbocycles. The van der Waals surface area contributed by atoms with Crippen LogP contribution in [-0.4, -0.2) is 22.9 Å². The minimum absolute atomic E-state index is 0.0905. The zero-order chi connectivity index (χ0) is 22.4. The summed E-state index contributed by atoms with van der Waals surface area (Å²) in [6.45, 7) is 6.12. The Morgan fingerprint density at radius 2 is 1.71 bits per heavy atom. The lowest BCUT2D eigenvalue weighted by Crippen LogP contribution is -2.36. The minimum atomic E-state index is -0.958. The molecular formula is C24H26N2O4S. The highest BCUT2D eigenvalue weighted by atomic mass is 32.1. The fourth-order valence-corrected chi connectivity index (χ4v) is 6.05. The molecule has 0 unspecified atom stereocenters. The van der Waals surface area contributed by atoms with Crippen LogP contribution in [0.2, 0.25) is 0 Å². The third-order valence-electron chi connectivity index (χ3n) is 6.48. The first kappa shape index (κ1) is 21.3. The normalized spacial score (nSPS) is 24.0. The van der Waals surface area contributed by atoms with Crippen LogP contribution in [0.15, 0.2) is 36.4 Å². The van der Waals surface area contributed by atoms with Gasteiger partial charge in [0.1, 0.15) is 5.00 Å². The quantitative estimate of drug-likeness (QED) is 0.580. The molecule has 1 fully saturated rings. The highest BCUT2D eigenvalue weighted by Gasteiger charge is 2.51. The molecule has 0 radical (unpaired) electrons. The Labute approximate surface area is 185 Å². The first-order chi connectivity index (χ1) is 14.7. The number of carbonyl (C=O) groups is 3. The van der Waals surface area contributed by atoms with E-state index < -0.39 is 23.7 Å². The number of thiophene rings is 1. The van der Waals surface area contributed by atoms with Crippen molar-refractivity contribution in [3.8, 4) is 11.1 Å². The van der Waals surface area contributed by atoms with Gasteiger partial charge < -0.3 is 16.2 Å². The Bertz CT molecular complexity index is 1080. The molecule has 2 amide bonds. The summed E-state index contributed by atoms with van der Waals surface area (Å²) in [7, 11) is 0. The predicted octanol–water partition coefficient (Wildman–Crippen LogP) is 4.41. The molecule has 162 valence electrons. The summed E-state index contributed by atoms with van der Waals surface area (Å²) in [6, 6.07) is 7.98. The summed E-state index contributed by atoms with van der Waals surface area (Å²) in [5.74, 6) is -3.15. The predicted molar refractivity (Wildman–Crippen MR) is 121 cm³/mol. The van der Waals surface area contributed by atoms with E-state index in [1.165, 1.54) is 16.9 Å². The summed E-state index contributed by atoms with van der Waals surface area (Å²) < 4.78 is 0. The second kappa shape index (κ2) is 7.96. The second-order valence-corrected chi connectivity index (χ2v) is 9.93. The van der Waals surface area contributed by atoms with E-state index in [1.807, 2.05) is 43.3 Å². The molecule has 6 nitrogen and oxygen atoms in total. The van der Waals surface area contributed by atoms with E-state index in [9.17, 15) is 19.5 Å². The topological polar surface area (TPSA) is 109 Å². The van der Waals surface area contributed by atoms with Crippen molar-refractivity contribution in [3.05, 3.63) is 52.4 Å². The third kappa shape index (κ3) is 3.67. The maximum Gasteiger partial charge on any atom is 0.307 e. The number of carbonyl (C=O) groups excluding carboxylic acids is 2.